The van der Waals surface area contributed by atoms with Crippen molar-refractivity contribution in [2.75, 3.05) is 19.5 Å². The fourth-order valence-electron chi connectivity index (χ4n) is 2.04. The fourth-order valence-corrected chi connectivity index (χ4v) is 2.04. The monoisotopic (exact) mass is 285 g/mol. The van der Waals surface area contributed by atoms with Gasteiger partial charge in [-0.15, -0.1) is 0 Å². The Bertz CT molecular complexity index is 596. The van der Waals surface area contributed by atoms with Crippen molar-refractivity contribution >= 4 is 11.6 Å². The molecule has 1 N–H and O–H groups in total. The molecule has 21 heavy (non-hydrogen) atoms. The topological polar surface area (TPSA) is 47.6 Å². The normalized spacial score (nSPS) is 10.0. The molecule has 0 radical (unpaired) electrons. The molecule has 0 unspecified atom stereocenters. The van der Waals surface area contributed by atoms with Gasteiger partial charge in [-0.2, -0.15) is 0 Å². The molecule has 0 saturated carbocycles. The van der Waals surface area contributed by atoms with Crippen molar-refractivity contribution in [2.24, 2.45) is 0 Å². The van der Waals surface area contributed by atoms with Crippen molar-refractivity contribution in [3.8, 4) is 11.5 Å². The van der Waals surface area contributed by atoms with Gasteiger partial charge in [-0.1, -0.05) is 24.3 Å². The largest absolute Gasteiger partial charge is 0.493 e. The molecule has 4 nitrogen and oxygen atoms in total. The van der Waals surface area contributed by atoms with Crippen molar-refractivity contribution in [1.29, 1.82) is 0 Å². The number of hydrogen-bond donors (Lipinski definition) is 1. The number of nitrogens with one attached hydrogen (secondary N) is 1. The molecule has 110 valence electrons. The van der Waals surface area contributed by atoms with Gasteiger partial charge in [0.2, 0.25) is 5.91 Å². The van der Waals surface area contributed by atoms with Crippen LogP contribution >= 0.6 is 0 Å². The predicted octanol–water partition coefficient (Wildman–Crippen LogP) is 3.28. The molecule has 4 heteroatoms. The summed E-state index contributed by atoms with van der Waals surface area (Å²) in [4.78, 5) is 11.9. The molecule has 1 amide bonds. The number of hydrogen-bond acceptors (Lipinski definition) is 3. The van der Waals surface area contributed by atoms with E-state index in [0.29, 0.717) is 24.3 Å². The summed E-state index contributed by atoms with van der Waals surface area (Å²) in [6.07, 6.45) is 1.07. The van der Waals surface area contributed by atoms with E-state index in [-0.39, 0.29) is 5.91 Å². The standard InChI is InChI=1S/C17H19NO3/c1-20-15-10-8-13(12-16(15)21-2)9-11-17(19)18-14-6-4-3-5-7-14/h3-8,10,12H,9,11H2,1-2H3,(H,18,19). The molecule has 0 aliphatic heterocycles. The first-order chi connectivity index (χ1) is 10.2. The van der Waals surface area contributed by atoms with Gasteiger partial charge in [0.05, 0.1) is 14.2 Å². The summed E-state index contributed by atoms with van der Waals surface area (Å²) in [7, 11) is 3.20. The van der Waals surface area contributed by atoms with Crippen molar-refractivity contribution in [1.82, 2.24) is 0 Å². The lowest BCUT2D eigenvalue weighted by Gasteiger charge is -2.09. The van der Waals surface area contributed by atoms with Gasteiger partial charge < -0.3 is 14.8 Å². The molecule has 0 spiro atoms. The molecule has 0 fully saturated rings. The lowest BCUT2D eigenvalue weighted by atomic mass is 10.1. The summed E-state index contributed by atoms with van der Waals surface area (Å²) < 4.78 is 10.4. The Morgan fingerprint density at radius 2 is 1.71 bits per heavy atom. The molecule has 2 rings (SSSR count). The predicted molar refractivity (Wildman–Crippen MR) is 82.9 cm³/mol. The number of rotatable bonds is 6. The first kappa shape index (κ1) is 14.9. The average Bonchev–Trinajstić information content (AvgIpc) is 2.53. The number of amides is 1. The first-order valence-electron chi connectivity index (χ1n) is 6.78. The van der Waals surface area contributed by atoms with Crippen molar-refractivity contribution in [3.05, 3.63) is 54.1 Å². The number of aryl methyl sites for hydroxylation is 1. The minimum atomic E-state index is -0.00372. The summed E-state index contributed by atoms with van der Waals surface area (Å²) in [6.45, 7) is 0. The molecule has 0 aromatic heterocycles. The quantitative estimate of drug-likeness (QED) is 0.886. The van der Waals surface area contributed by atoms with Crippen LogP contribution in [-0.4, -0.2) is 20.1 Å². The van der Waals surface area contributed by atoms with Gasteiger partial charge in [0.25, 0.3) is 0 Å². The second-order valence-electron chi connectivity index (χ2n) is 4.60. The SMILES string of the molecule is COc1ccc(CCC(=O)Nc2ccccc2)cc1OC. The van der Waals surface area contributed by atoms with E-state index < -0.39 is 0 Å². The van der Waals surface area contributed by atoms with Crippen LogP contribution in [0.15, 0.2) is 48.5 Å². The van der Waals surface area contributed by atoms with Crippen LogP contribution in [0.3, 0.4) is 0 Å². The van der Waals surface area contributed by atoms with Crippen molar-refractivity contribution < 1.29 is 14.3 Å². The third-order valence-electron chi connectivity index (χ3n) is 3.15. The van der Waals surface area contributed by atoms with E-state index in [1.54, 1.807) is 14.2 Å². The molecule has 0 heterocycles. The molecule has 0 bridgehead atoms. The number of carbonyl (C=O) groups is 1. The zero-order chi connectivity index (χ0) is 15.1. The summed E-state index contributed by atoms with van der Waals surface area (Å²) in [6, 6.07) is 15.1. The summed E-state index contributed by atoms with van der Waals surface area (Å²) in [5.41, 5.74) is 1.85. The highest BCUT2D eigenvalue weighted by molar-refractivity contribution is 5.90. The zero-order valence-electron chi connectivity index (χ0n) is 12.3. The number of anilines is 1. The second-order valence-corrected chi connectivity index (χ2v) is 4.60. The third-order valence-corrected chi connectivity index (χ3v) is 3.15. The van der Waals surface area contributed by atoms with Gasteiger partial charge in [-0.25, -0.2) is 0 Å². The minimum absolute atomic E-state index is 0.00372. The van der Waals surface area contributed by atoms with Crippen LogP contribution in [0.1, 0.15) is 12.0 Å². The highest BCUT2D eigenvalue weighted by Gasteiger charge is 2.07. The lowest BCUT2D eigenvalue weighted by molar-refractivity contribution is -0.116. The number of methoxy groups -OCH3 is 2. The maximum atomic E-state index is 11.9. The molecule has 2 aromatic rings. The van der Waals surface area contributed by atoms with Gasteiger partial charge >= 0.3 is 0 Å². The highest BCUT2D eigenvalue weighted by atomic mass is 16.5. The highest BCUT2D eigenvalue weighted by Crippen LogP contribution is 2.27. The van der Waals surface area contributed by atoms with Gasteiger partial charge in [0, 0.05) is 12.1 Å². The molecule has 2 aromatic carbocycles. The van der Waals surface area contributed by atoms with E-state index >= 15 is 0 Å². The number of ether oxygens (including phenoxy) is 2. The van der Waals surface area contributed by atoms with E-state index in [2.05, 4.69) is 5.32 Å². The number of carbonyl (C=O) groups excluding carboxylic acids is 1. The smallest absolute Gasteiger partial charge is 0.224 e. The van der Waals surface area contributed by atoms with E-state index in [4.69, 9.17) is 9.47 Å². The third kappa shape index (κ3) is 4.24. The fraction of sp³-hybridized carbons (Fsp3) is 0.235. The molecular weight excluding hydrogens is 266 g/mol. The van der Waals surface area contributed by atoms with Crippen LogP contribution in [0.2, 0.25) is 0 Å². The lowest BCUT2D eigenvalue weighted by Crippen LogP contribution is -2.12. The van der Waals surface area contributed by atoms with Crippen molar-refractivity contribution in [3.63, 3.8) is 0 Å². The van der Waals surface area contributed by atoms with Gasteiger partial charge in [0.1, 0.15) is 0 Å². The van der Waals surface area contributed by atoms with E-state index in [1.165, 1.54) is 0 Å². The molecular formula is C17H19NO3. The van der Waals surface area contributed by atoms with Crippen LogP contribution in [0.5, 0.6) is 11.5 Å². The maximum Gasteiger partial charge on any atom is 0.224 e. The van der Waals surface area contributed by atoms with Crippen LogP contribution in [0.25, 0.3) is 0 Å². The van der Waals surface area contributed by atoms with E-state index in [0.717, 1.165) is 11.3 Å². The molecule has 0 atom stereocenters. The van der Waals surface area contributed by atoms with E-state index in [1.807, 2.05) is 48.5 Å². The number of para-hydroxylation sites is 1. The second kappa shape index (κ2) is 7.33. The van der Waals surface area contributed by atoms with Gasteiger partial charge in [0.15, 0.2) is 11.5 Å². The average molecular weight is 285 g/mol. The summed E-state index contributed by atoms with van der Waals surface area (Å²) in [5.74, 6) is 1.37. The van der Waals surface area contributed by atoms with Crippen LogP contribution in [0, 0.1) is 0 Å². The number of benzene rings is 2. The first-order valence-corrected chi connectivity index (χ1v) is 6.78. The maximum absolute atomic E-state index is 11.9. The summed E-state index contributed by atoms with van der Waals surface area (Å²) in [5, 5.41) is 2.87. The van der Waals surface area contributed by atoms with Gasteiger partial charge in [-0.3, -0.25) is 4.79 Å². The Morgan fingerprint density at radius 3 is 2.38 bits per heavy atom. The van der Waals surface area contributed by atoms with E-state index in [9.17, 15) is 4.79 Å². The Kier molecular flexibility index (Phi) is 5.21. The molecule has 0 saturated heterocycles. The van der Waals surface area contributed by atoms with Crippen LogP contribution < -0.4 is 14.8 Å². The Hall–Kier alpha value is -2.49. The van der Waals surface area contributed by atoms with Crippen LogP contribution in [-0.2, 0) is 11.2 Å². The Morgan fingerprint density at radius 1 is 1.00 bits per heavy atom. The van der Waals surface area contributed by atoms with Gasteiger partial charge in [-0.05, 0) is 36.2 Å². The zero-order valence-corrected chi connectivity index (χ0v) is 12.3. The summed E-state index contributed by atoms with van der Waals surface area (Å²) >= 11 is 0. The molecule has 0 aliphatic rings. The van der Waals surface area contributed by atoms with Crippen LogP contribution in [0.4, 0.5) is 5.69 Å². The Balaban J connectivity index is 1.92. The molecule has 0 aliphatic carbocycles. The Labute approximate surface area is 124 Å². The minimum Gasteiger partial charge on any atom is -0.493 e. The van der Waals surface area contributed by atoms with Crippen molar-refractivity contribution in [2.45, 2.75) is 12.8 Å².